The second kappa shape index (κ2) is 8.35. The molecule has 0 unspecified atom stereocenters. The van der Waals surface area contributed by atoms with E-state index in [9.17, 15) is 13.2 Å². The van der Waals surface area contributed by atoms with Gasteiger partial charge in [0.1, 0.15) is 4.21 Å². The number of carbonyl (C=O) groups is 1. The Kier molecular flexibility index (Phi) is 5.99. The second-order valence-corrected chi connectivity index (χ2v) is 11.1. The van der Waals surface area contributed by atoms with Crippen molar-refractivity contribution in [1.82, 2.24) is 9.62 Å². The van der Waals surface area contributed by atoms with Crippen LogP contribution in [0.3, 0.4) is 0 Å². The van der Waals surface area contributed by atoms with Crippen molar-refractivity contribution in [1.29, 1.82) is 0 Å². The van der Waals surface area contributed by atoms with E-state index in [1.54, 1.807) is 12.1 Å². The van der Waals surface area contributed by atoms with Gasteiger partial charge >= 0.3 is 0 Å². The molecule has 6 nitrogen and oxygen atoms in total. The number of nitrogens with one attached hydrogen (secondary N) is 1. The van der Waals surface area contributed by atoms with E-state index in [4.69, 9.17) is 16.3 Å². The summed E-state index contributed by atoms with van der Waals surface area (Å²) in [6, 6.07) is 10.8. The first kappa shape index (κ1) is 20.8. The van der Waals surface area contributed by atoms with E-state index in [0.29, 0.717) is 42.1 Å². The van der Waals surface area contributed by atoms with Gasteiger partial charge in [-0.15, -0.1) is 11.3 Å². The maximum absolute atomic E-state index is 13.0. The summed E-state index contributed by atoms with van der Waals surface area (Å²) in [6.07, 6.45) is 2.63. The highest BCUT2D eigenvalue weighted by Crippen LogP contribution is 2.44. The number of thiophene rings is 1. The SMILES string of the molecule is O=C(NCc1ccc(S(=O)(=O)N2CCOCC2)s1)C1(c2ccc(Cl)cc2)CCC1. The first-order valence-corrected chi connectivity index (χ1v) is 12.3. The number of halogens is 1. The van der Waals surface area contributed by atoms with Crippen LogP contribution in [0.25, 0.3) is 0 Å². The van der Waals surface area contributed by atoms with Crippen molar-refractivity contribution in [2.75, 3.05) is 26.3 Å². The fraction of sp³-hybridized carbons (Fsp3) is 0.450. The maximum Gasteiger partial charge on any atom is 0.252 e. The Morgan fingerprint density at radius 3 is 2.45 bits per heavy atom. The van der Waals surface area contributed by atoms with Crippen LogP contribution in [-0.4, -0.2) is 44.9 Å². The molecule has 0 radical (unpaired) electrons. The number of morpholine rings is 1. The van der Waals surface area contributed by atoms with E-state index < -0.39 is 15.4 Å². The summed E-state index contributed by atoms with van der Waals surface area (Å²) in [7, 11) is -3.50. The molecular weight excluding hydrogens is 432 g/mol. The zero-order valence-electron chi connectivity index (χ0n) is 15.9. The minimum absolute atomic E-state index is 0.0166. The van der Waals surface area contributed by atoms with Crippen molar-refractivity contribution in [3.05, 3.63) is 51.9 Å². The van der Waals surface area contributed by atoms with Gasteiger partial charge < -0.3 is 10.1 Å². The number of nitrogens with zero attached hydrogens (tertiary/aromatic N) is 1. The van der Waals surface area contributed by atoms with Crippen LogP contribution in [0.1, 0.15) is 29.7 Å². The Morgan fingerprint density at radius 1 is 1.14 bits per heavy atom. The van der Waals surface area contributed by atoms with Crippen LogP contribution in [0.15, 0.2) is 40.6 Å². The first-order valence-electron chi connectivity index (χ1n) is 9.63. The molecule has 2 aliphatic rings. The van der Waals surface area contributed by atoms with E-state index in [2.05, 4.69) is 5.32 Å². The molecule has 1 saturated carbocycles. The summed E-state index contributed by atoms with van der Waals surface area (Å²) in [6.45, 7) is 1.89. The van der Waals surface area contributed by atoms with Crippen LogP contribution in [0.5, 0.6) is 0 Å². The van der Waals surface area contributed by atoms with Gasteiger partial charge in [0.15, 0.2) is 0 Å². The molecule has 1 N–H and O–H groups in total. The Labute approximate surface area is 179 Å². The molecule has 29 heavy (non-hydrogen) atoms. The third kappa shape index (κ3) is 4.09. The van der Waals surface area contributed by atoms with Gasteiger partial charge in [-0.1, -0.05) is 30.2 Å². The van der Waals surface area contributed by atoms with Gasteiger partial charge in [0.25, 0.3) is 10.0 Å². The van der Waals surface area contributed by atoms with Gasteiger partial charge in [-0.25, -0.2) is 8.42 Å². The molecule has 1 aromatic carbocycles. The fourth-order valence-electron chi connectivity index (χ4n) is 3.79. The summed E-state index contributed by atoms with van der Waals surface area (Å²) in [4.78, 5) is 13.8. The van der Waals surface area contributed by atoms with Gasteiger partial charge in [-0.2, -0.15) is 4.31 Å². The van der Waals surface area contributed by atoms with Gasteiger partial charge in [-0.05, 0) is 42.7 Å². The first-order chi connectivity index (χ1) is 13.9. The van der Waals surface area contributed by atoms with Crippen molar-refractivity contribution in [3.8, 4) is 0 Å². The van der Waals surface area contributed by atoms with Crippen LogP contribution < -0.4 is 5.32 Å². The summed E-state index contributed by atoms with van der Waals surface area (Å²) in [5.41, 5.74) is 0.470. The van der Waals surface area contributed by atoms with E-state index in [-0.39, 0.29) is 5.91 Å². The average molecular weight is 455 g/mol. The molecule has 0 bridgehead atoms. The second-order valence-electron chi connectivity index (χ2n) is 7.36. The molecule has 1 amide bonds. The van der Waals surface area contributed by atoms with Crippen LogP contribution in [0, 0.1) is 0 Å². The molecule has 156 valence electrons. The van der Waals surface area contributed by atoms with Crippen molar-refractivity contribution in [2.45, 2.75) is 35.4 Å². The molecular formula is C20H23ClN2O4S2. The summed E-state index contributed by atoms with van der Waals surface area (Å²) in [5.74, 6) is -0.0166. The van der Waals surface area contributed by atoms with E-state index >= 15 is 0 Å². The molecule has 1 aliphatic heterocycles. The van der Waals surface area contributed by atoms with Crippen molar-refractivity contribution in [3.63, 3.8) is 0 Å². The zero-order chi connectivity index (χ0) is 20.5. The molecule has 2 fully saturated rings. The largest absolute Gasteiger partial charge is 0.379 e. The quantitative estimate of drug-likeness (QED) is 0.727. The van der Waals surface area contributed by atoms with Crippen LogP contribution in [-0.2, 0) is 31.5 Å². The Morgan fingerprint density at radius 2 is 1.83 bits per heavy atom. The molecule has 4 rings (SSSR count). The molecule has 0 spiro atoms. The van der Waals surface area contributed by atoms with Crippen molar-refractivity contribution in [2.24, 2.45) is 0 Å². The smallest absolute Gasteiger partial charge is 0.252 e. The third-order valence-corrected chi connectivity index (χ3v) is 9.37. The van der Waals surface area contributed by atoms with Gasteiger partial charge in [-0.3, -0.25) is 4.79 Å². The minimum Gasteiger partial charge on any atom is -0.379 e. The molecule has 9 heteroatoms. The Hall–Kier alpha value is -1.45. The monoisotopic (exact) mass is 454 g/mol. The number of benzene rings is 1. The highest BCUT2D eigenvalue weighted by Gasteiger charge is 2.45. The van der Waals surface area contributed by atoms with E-state index in [1.807, 2.05) is 24.3 Å². The Bertz CT molecular complexity index is 978. The molecule has 1 saturated heterocycles. The lowest BCUT2D eigenvalue weighted by Crippen LogP contribution is -2.48. The van der Waals surface area contributed by atoms with Crippen molar-refractivity contribution < 1.29 is 17.9 Å². The topological polar surface area (TPSA) is 75.7 Å². The predicted octanol–water partition coefficient (Wildman–Crippen LogP) is 3.16. The molecule has 1 aliphatic carbocycles. The highest BCUT2D eigenvalue weighted by atomic mass is 35.5. The van der Waals surface area contributed by atoms with E-state index in [0.717, 1.165) is 29.7 Å². The number of hydrogen-bond donors (Lipinski definition) is 1. The summed E-state index contributed by atoms with van der Waals surface area (Å²) >= 11 is 7.19. The molecule has 2 aromatic rings. The minimum atomic E-state index is -3.50. The molecule has 2 heterocycles. The van der Waals surface area contributed by atoms with Crippen LogP contribution >= 0.6 is 22.9 Å². The number of hydrogen-bond acceptors (Lipinski definition) is 5. The molecule has 1 aromatic heterocycles. The van der Waals surface area contributed by atoms with Crippen LogP contribution in [0.4, 0.5) is 0 Å². The Balaban J connectivity index is 1.43. The lowest BCUT2D eigenvalue weighted by atomic mass is 9.64. The van der Waals surface area contributed by atoms with E-state index in [1.165, 1.54) is 15.6 Å². The van der Waals surface area contributed by atoms with Gasteiger partial charge in [0, 0.05) is 23.0 Å². The standard InChI is InChI=1S/C20H23ClN2O4S2/c21-16-4-2-15(3-5-16)20(8-1-9-20)19(24)22-14-17-6-7-18(28-17)29(25,26)23-10-12-27-13-11-23/h2-7H,1,8-14H2,(H,22,24). The lowest BCUT2D eigenvalue weighted by molar-refractivity contribution is -0.130. The number of rotatable bonds is 6. The number of sulfonamides is 1. The van der Waals surface area contributed by atoms with Crippen LogP contribution in [0.2, 0.25) is 5.02 Å². The third-order valence-electron chi connectivity index (χ3n) is 5.66. The van der Waals surface area contributed by atoms with Crippen molar-refractivity contribution >= 4 is 38.9 Å². The fourth-order valence-corrected chi connectivity index (χ4v) is 6.77. The lowest BCUT2D eigenvalue weighted by Gasteiger charge is -2.40. The normalized spacial score (nSPS) is 19.5. The number of amides is 1. The van der Waals surface area contributed by atoms with Gasteiger partial charge in [0.05, 0.1) is 25.2 Å². The highest BCUT2D eigenvalue weighted by molar-refractivity contribution is 7.91. The zero-order valence-corrected chi connectivity index (χ0v) is 18.3. The predicted molar refractivity (Wildman–Crippen MR) is 113 cm³/mol. The number of carbonyl (C=O) groups excluding carboxylic acids is 1. The molecule has 0 atom stereocenters. The average Bonchev–Trinajstić information content (AvgIpc) is 3.18. The maximum atomic E-state index is 13.0. The summed E-state index contributed by atoms with van der Waals surface area (Å²) < 4.78 is 32.5. The van der Waals surface area contributed by atoms with Gasteiger partial charge in [0.2, 0.25) is 5.91 Å². The number of ether oxygens (including phenoxy) is 1. The summed E-state index contributed by atoms with van der Waals surface area (Å²) in [5, 5.41) is 3.66.